The van der Waals surface area contributed by atoms with Gasteiger partial charge < -0.3 is 10.6 Å². The Labute approximate surface area is 75.1 Å². The predicted molar refractivity (Wildman–Crippen MR) is 51.0 cm³/mol. The molecule has 1 atom stereocenters. The van der Waals surface area contributed by atoms with Crippen LogP contribution in [0.25, 0.3) is 0 Å². The molecule has 0 aromatic carbocycles. The van der Waals surface area contributed by atoms with Crippen LogP contribution in [0.2, 0.25) is 0 Å². The molecule has 0 amide bonds. The highest BCUT2D eigenvalue weighted by molar-refractivity contribution is 4.92. The third-order valence-electron chi connectivity index (χ3n) is 3.25. The Morgan fingerprint density at radius 1 is 1.50 bits per heavy atom. The van der Waals surface area contributed by atoms with Crippen LogP contribution in [-0.2, 0) is 0 Å². The molecule has 2 N–H and O–H groups in total. The van der Waals surface area contributed by atoms with Crippen molar-refractivity contribution in [2.45, 2.75) is 38.6 Å². The zero-order chi connectivity index (χ0) is 8.60. The standard InChI is InChI=1S/C10H20N2/c1-10(4-5-10)8-12-6-2-3-9(11)7-12/h9H,2-8,11H2,1H3. The second-order valence-corrected chi connectivity index (χ2v) is 4.95. The third-order valence-corrected chi connectivity index (χ3v) is 3.25. The fourth-order valence-corrected chi connectivity index (χ4v) is 2.15. The van der Waals surface area contributed by atoms with Crippen molar-refractivity contribution in [2.24, 2.45) is 11.1 Å². The monoisotopic (exact) mass is 168 g/mol. The molecule has 2 fully saturated rings. The molecule has 1 aliphatic carbocycles. The molecule has 2 heteroatoms. The van der Waals surface area contributed by atoms with Crippen LogP contribution in [-0.4, -0.2) is 30.6 Å². The molecule has 0 bridgehead atoms. The lowest BCUT2D eigenvalue weighted by atomic mass is 10.0. The lowest BCUT2D eigenvalue weighted by Gasteiger charge is -2.32. The van der Waals surface area contributed by atoms with Crippen molar-refractivity contribution in [2.75, 3.05) is 19.6 Å². The molecule has 1 aliphatic heterocycles. The van der Waals surface area contributed by atoms with Gasteiger partial charge in [0.1, 0.15) is 0 Å². The molecule has 12 heavy (non-hydrogen) atoms. The van der Waals surface area contributed by atoms with Gasteiger partial charge in [0.05, 0.1) is 0 Å². The summed E-state index contributed by atoms with van der Waals surface area (Å²) in [5.41, 5.74) is 6.59. The van der Waals surface area contributed by atoms with Gasteiger partial charge in [-0.05, 0) is 37.6 Å². The minimum Gasteiger partial charge on any atom is -0.327 e. The summed E-state index contributed by atoms with van der Waals surface area (Å²) >= 11 is 0. The first kappa shape index (κ1) is 8.52. The van der Waals surface area contributed by atoms with Gasteiger partial charge >= 0.3 is 0 Å². The van der Waals surface area contributed by atoms with E-state index in [2.05, 4.69) is 11.8 Å². The molecule has 1 saturated heterocycles. The Bertz CT molecular complexity index is 163. The Morgan fingerprint density at radius 3 is 2.83 bits per heavy atom. The highest BCUT2D eigenvalue weighted by Gasteiger charge is 2.39. The Balaban J connectivity index is 1.79. The molecule has 2 aliphatic rings. The van der Waals surface area contributed by atoms with E-state index in [1.165, 1.54) is 38.8 Å². The van der Waals surface area contributed by atoms with E-state index in [0.29, 0.717) is 11.5 Å². The van der Waals surface area contributed by atoms with E-state index in [-0.39, 0.29) is 0 Å². The molecule has 2 rings (SSSR count). The maximum Gasteiger partial charge on any atom is 0.0168 e. The summed E-state index contributed by atoms with van der Waals surface area (Å²) in [4.78, 5) is 2.56. The smallest absolute Gasteiger partial charge is 0.0168 e. The fraction of sp³-hybridized carbons (Fsp3) is 1.00. The van der Waals surface area contributed by atoms with Gasteiger partial charge in [0.2, 0.25) is 0 Å². The summed E-state index contributed by atoms with van der Waals surface area (Å²) in [6, 6.07) is 0.445. The first-order valence-electron chi connectivity index (χ1n) is 5.16. The number of rotatable bonds is 2. The first-order valence-corrected chi connectivity index (χ1v) is 5.16. The van der Waals surface area contributed by atoms with Gasteiger partial charge in [-0.2, -0.15) is 0 Å². The van der Waals surface area contributed by atoms with E-state index in [1.807, 2.05) is 0 Å². The van der Waals surface area contributed by atoms with Crippen LogP contribution in [0.1, 0.15) is 32.6 Å². The molecule has 1 saturated carbocycles. The Morgan fingerprint density at radius 2 is 2.25 bits per heavy atom. The van der Waals surface area contributed by atoms with Gasteiger partial charge in [-0.1, -0.05) is 6.92 Å². The van der Waals surface area contributed by atoms with Crippen LogP contribution in [0, 0.1) is 5.41 Å². The third kappa shape index (κ3) is 1.99. The summed E-state index contributed by atoms with van der Waals surface area (Å²) in [6.45, 7) is 6.10. The topological polar surface area (TPSA) is 29.3 Å². The summed E-state index contributed by atoms with van der Waals surface area (Å²) in [6.07, 6.45) is 5.39. The first-order chi connectivity index (χ1) is 5.68. The molecule has 2 nitrogen and oxygen atoms in total. The largest absolute Gasteiger partial charge is 0.327 e. The SMILES string of the molecule is CC1(CN2CCCC(N)C2)CC1. The summed E-state index contributed by atoms with van der Waals surface area (Å²) in [5, 5.41) is 0. The van der Waals surface area contributed by atoms with E-state index >= 15 is 0 Å². The lowest BCUT2D eigenvalue weighted by Crippen LogP contribution is -2.44. The van der Waals surface area contributed by atoms with Crippen molar-refractivity contribution in [1.82, 2.24) is 4.90 Å². The summed E-state index contributed by atoms with van der Waals surface area (Å²) in [7, 11) is 0. The quantitative estimate of drug-likeness (QED) is 0.671. The number of hydrogen-bond donors (Lipinski definition) is 1. The highest BCUT2D eigenvalue weighted by Crippen LogP contribution is 2.45. The van der Waals surface area contributed by atoms with E-state index in [9.17, 15) is 0 Å². The Hall–Kier alpha value is -0.0800. The van der Waals surface area contributed by atoms with E-state index in [1.54, 1.807) is 0 Å². The fourth-order valence-electron chi connectivity index (χ4n) is 2.15. The van der Waals surface area contributed by atoms with Crippen LogP contribution in [0.5, 0.6) is 0 Å². The molecular weight excluding hydrogens is 148 g/mol. The maximum absolute atomic E-state index is 5.92. The normalized spacial score (nSPS) is 35.0. The average Bonchev–Trinajstić information content (AvgIpc) is 2.67. The van der Waals surface area contributed by atoms with E-state index in [4.69, 9.17) is 5.73 Å². The second-order valence-electron chi connectivity index (χ2n) is 4.95. The summed E-state index contributed by atoms with van der Waals surface area (Å²) < 4.78 is 0. The zero-order valence-corrected chi connectivity index (χ0v) is 8.05. The lowest BCUT2D eigenvalue weighted by molar-refractivity contribution is 0.177. The molecular formula is C10H20N2. The number of nitrogens with two attached hydrogens (primary N) is 1. The molecule has 1 heterocycles. The molecule has 0 aromatic heterocycles. The van der Waals surface area contributed by atoms with Crippen LogP contribution in [0.3, 0.4) is 0 Å². The number of likely N-dealkylation sites (tertiary alicyclic amines) is 1. The van der Waals surface area contributed by atoms with Crippen molar-refractivity contribution in [3.05, 3.63) is 0 Å². The number of piperidine rings is 1. The second kappa shape index (κ2) is 3.00. The molecule has 0 aromatic rings. The minimum absolute atomic E-state index is 0.445. The van der Waals surface area contributed by atoms with Crippen LogP contribution >= 0.6 is 0 Å². The van der Waals surface area contributed by atoms with Crippen LogP contribution < -0.4 is 5.73 Å². The molecule has 70 valence electrons. The van der Waals surface area contributed by atoms with Crippen molar-refractivity contribution in [1.29, 1.82) is 0 Å². The van der Waals surface area contributed by atoms with Gasteiger partial charge in [0, 0.05) is 19.1 Å². The Kier molecular flexibility index (Phi) is 2.13. The van der Waals surface area contributed by atoms with Crippen molar-refractivity contribution < 1.29 is 0 Å². The van der Waals surface area contributed by atoms with Crippen LogP contribution in [0.4, 0.5) is 0 Å². The van der Waals surface area contributed by atoms with Crippen molar-refractivity contribution in [3.63, 3.8) is 0 Å². The maximum atomic E-state index is 5.92. The van der Waals surface area contributed by atoms with Gasteiger partial charge in [-0.15, -0.1) is 0 Å². The molecule has 1 unspecified atom stereocenters. The number of hydrogen-bond acceptors (Lipinski definition) is 2. The minimum atomic E-state index is 0.445. The van der Waals surface area contributed by atoms with Crippen molar-refractivity contribution in [3.8, 4) is 0 Å². The number of nitrogens with zero attached hydrogens (tertiary/aromatic N) is 1. The predicted octanol–water partition coefficient (Wildman–Crippen LogP) is 1.21. The van der Waals surface area contributed by atoms with Gasteiger partial charge in [-0.25, -0.2) is 0 Å². The van der Waals surface area contributed by atoms with Gasteiger partial charge in [-0.3, -0.25) is 0 Å². The zero-order valence-electron chi connectivity index (χ0n) is 8.05. The molecule has 0 radical (unpaired) electrons. The molecule has 0 spiro atoms. The van der Waals surface area contributed by atoms with E-state index < -0.39 is 0 Å². The van der Waals surface area contributed by atoms with Crippen LogP contribution in [0.15, 0.2) is 0 Å². The summed E-state index contributed by atoms with van der Waals surface area (Å²) in [5.74, 6) is 0. The van der Waals surface area contributed by atoms with E-state index in [0.717, 1.165) is 6.54 Å². The average molecular weight is 168 g/mol. The van der Waals surface area contributed by atoms with Gasteiger partial charge in [0.25, 0.3) is 0 Å². The van der Waals surface area contributed by atoms with Crippen molar-refractivity contribution >= 4 is 0 Å². The highest BCUT2D eigenvalue weighted by atomic mass is 15.2. The van der Waals surface area contributed by atoms with Gasteiger partial charge in [0.15, 0.2) is 0 Å².